The first kappa shape index (κ1) is 13.5. The van der Waals surface area contributed by atoms with Crippen molar-refractivity contribution in [2.45, 2.75) is 19.4 Å². The fraction of sp³-hybridized carbons (Fsp3) is 0.429. The number of nitrogens with zero attached hydrogens (tertiary/aromatic N) is 1. The minimum absolute atomic E-state index is 0.0325. The summed E-state index contributed by atoms with van der Waals surface area (Å²) in [6.07, 6.45) is 1.38. The Balaban J connectivity index is 2.03. The van der Waals surface area contributed by atoms with Crippen molar-refractivity contribution in [1.82, 2.24) is 10.2 Å². The van der Waals surface area contributed by atoms with Gasteiger partial charge in [0, 0.05) is 33.1 Å². The molecule has 19 heavy (non-hydrogen) atoms. The molecule has 2 N–H and O–H groups in total. The quantitative estimate of drug-likeness (QED) is 0.845. The number of fused-ring (bicyclic) bond motifs is 1. The molecule has 5 heteroatoms. The van der Waals surface area contributed by atoms with Crippen LogP contribution >= 0.6 is 0 Å². The number of nitrogens with one attached hydrogen (secondary N) is 1. The van der Waals surface area contributed by atoms with Gasteiger partial charge in [0.15, 0.2) is 0 Å². The van der Waals surface area contributed by atoms with Gasteiger partial charge >= 0.3 is 5.97 Å². The Bertz CT molecular complexity index is 499. The summed E-state index contributed by atoms with van der Waals surface area (Å²) in [5.74, 6) is -0.865. The van der Waals surface area contributed by atoms with Crippen LogP contribution in [0.25, 0.3) is 0 Å². The first-order valence-electron chi connectivity index (χ1n) is 6.38. The van der Waals surface area contributed by atoms with E-state index in [1.54, 1.807) is 19.2 Å². The maximum atomic E-state index is 11.2. The Morgan fingerprint density at radius 1 is 1.37 bits per heavy atom. The van der Waals surface area contributed by atoms with Gasteiger partial charge in [0.25, 0.3) is 0 Å². The summed E-state index contributed by atoms with van der Waals surface area (Å²) in [5.41, 5.74) is 2.59. The molecule has 2 rings (SSSR count). The highest BCUT2D eigenvalue weighted by atomic mass is 16.4. The molecule has 0 atom stereocenters. The smallest absolute Gasteiger partial charge is 0.335 e. The van der Waals surface area contributed by atoms with Crippen molar-refractivity contribution in [2.75, 3.05) is 20.1 Å². The van der Waals surface area contributed by atoms with E-state index in [0.717, 1.165) is 18.5 Å². The Morgan fingerprint density at radius 3 is 2.84 bits per heavy atom. The molecule has 0 saturated heterocycles. The number of amides is 1. The second-order valence-electron chi connectivity index (χ2n) is 4.74. The van der Waals surface area contributed by atoms with Gasteiger partial charge in [-0.2, -0.15) is 0 Å². The maximum Gasteiger partial charge on any atom is 0.335 e. The molecule has 0 bridgehead atoms. The van der Waals surface area contributed by atoms with Crippen molar-refractivity contribution in [3.8, 4) is 0 Å². The van der Waals surface area contributed by atoms with Crippen molar-refractivity contribution in [3.63, 3.8) is 0 Å². The standard InChI is InChI=1S/C14H18N2O3/c1-15-13(17)5-7-16-6-4-10-2-3-11(14(18)19)8-12(10)9-16/h2-3,8H,4-7,9H2,1H3,(H,15,17)(H,18,19). The second-order valence-corrected chi connectivity index (χ2v) is 4.74. The summed E-state index contributed by atoms with van der Waals surface area (Å²) >= 11 is 0. The average molecular weight is 262 g/mol. The normalized spacial score (nSPS) is 14.8. The molecule has 1 aromatic carbocycles. The van der Waals surface area contributed by atoms with E-state index in [9.17, 15) is 9.59 Å². The van der Waals surface area contributed by atoms with Gasteiger partial charge < -0.3 is 10.4 Å². The molecule has 102 valence electrons. The molecule has 1 aromatic rings. The van der Waals surface area contributed by atoms with Crippen LogP contribution < -0.4 is 5.32 Å². The van der Waals surface area contributed by atoms with E-state index in [-0.39, 0.29) is 5.91 Å². The number of carbonyl (C=O) groups is 2. The highest BCUT2D eigenvalue weighted by Gasteiger charge is 2.18. The second kappa shape index (κ2) is 5.84. The molecule has 1 aliphatic heterocycles. The van der Waals surface area contributed by atoms with Crippen molar-refractivity contribution < 1.29 is 14.7 Å². The Morgan fingerprint density at radius 2 is 2.16 bits per heavy atom. The van der Waals surface area contributed by atoms with E-state index in [1.807, 2.05) is 6.07 Å². The maximum absolute atomic E-state index is 11.2. The summed E-state index contributed by atoms with van der Waals surface area (Å²) in [7, 11) is 1.63. The summed E-state index contributed by atoms with van der Waals surface area (Å²) in [6.45, 7) is 2.33. The van der Waals surface area contributed by atoms with Crippen LogP contribution in [-0.2, 0) is 17.8 Å². The largest absolute Gasteiger partial charge is 0.478 e. The molecule has 1 aliphatic rings. The van der Waals surface area contributed by atoms with Crippen LogP contribution in [0.4, 0.5) is 0 Å². The van der Waals surface area contributed by atoms with Gasteiger partial charge in [0.1, 0.15) is 0 Å². The molecular weight excluding hydrogens is 244 g/mol. The summed E-state index contributed by atoms with van der Waals surface area (Å²) in [6, 6.07) is 5.29. The first-order chi connectivity index (χ1) is 9.10. The molecule has 0 unspecified atom stereocenters. The monoisotopic (exact) mass is 262 g/mol. The number of carboxylic acid groups (broad SMARTS) is 1. The number of aromatic carboxylic acids is 1. The average Bonchev–Trinajstić information content (AvgIpc) is 2.43. The van der Waals surface area contributed by atoms with Gasteiger partial charge in [-0.05, 0) is 29.7 Å². The molecule has 0 aromatic heterocycles. The molecular formula is C14H18N2O3. The van der Waals surface area contributed by atoms with Gasteiger partial charge in [-0.15, -0.1) is 0 Å². The fourth-order valence-corrected chi connectivity index (χ4v) is 2.32. The van der Waals surface area contributed by atoms with E-state index < -0.39 is 5.97 Å². The minimum Gasteiger partial charge on any atom is -0.478 e. The van der Waals surface area contributed by atoms with Crippen LogP contribution in [0.2, 0.25) is 0 Å². The van der Waals surface area contributed by atoms with Crippen molar-refractivity contribution in [3.05, 3.63) is 34.9 Å². The van der Waals surface area contributed by atoms with Crippen molar-refractivity contribution in [2.24, 2.45) is 0 Å². The number of carboxylic acids is 1. The lowest BCUT2D eigenvalue weighted by atomic mass is 9.97. The molecule has 1 heterocycles. The molecule has 1 amide bonds. The molecule has 0 aliphatic carbocycles. The van der Waals surface area contributed by atoms with E-state index >= 15 is 0 Å². The van der Waals surface area contributed by atoms with Gasteiger partial charge in [-0.3, -0.25) is 9.69 Å². The fourth-order valence-electron chi connectivity index (χ4n) is 2.32. The lowest BCUT2D eigenvalue weighted by Gasteiger charge is -2.28. The van der Waals surface area contributed by atoms with Crippen LogP contribution in [0.15, 0.2) is 18.2 Å². The zero-order chi connectivity index (χ0) is 13.8. The zero-order valence-corrected chi connectivity index (χ0v) is 11.0. The molecule has 0 saturated carbocycles. The van der Waals surface area contributed by atoms with Crippen LogP contribution in [0.5, 0.6) is 0 Å². The van der Waals surface area contributed by atoms with E-state index in [1.165, 1.54) is 5.56 Å². The van der Waals surface area contributed by atoms with Crippen LogP contribution in [-0.4, -0.2) is 42.0 Å². The number of benzene rings is 1. The van der Waals surface area contributed by atoms with Gasteiger partial charge in [0.2, 0.25) is 5.91 Å². The topological polar surface area (TPSA) is 69.6 Å². The predicted molar refractivity (Wildman–Crippen MR) is 71.1 cm³/mol. The highest BCUT2D eigenvalue weighted by Crippen LogP contribution is 2.20. The highest BCUT2D eigenvalue weighted by molar-refractivity contribution is 5.87. The first-order valence-corrected chi connectivity index (χ1v) is 6.38. The third-order valence-corrected chi connectivity index (χ3v) is 3.48. The zero-order valence-electron chi connectivity index (χ0n) is 11.0. The molecule has 0 spiro atoms. The third-order valence-electron chi connectivity index (χ3n) is 3.48. The van der Waals surface area contributed by atoms with Crippen LogP contribution in [0.3, 0.4) is 0 Å². The molecule has 5 nitrogen and oxygen atoms in total. The Kier molecular flexibility index (Phi) is 4.16. The van der Waals surface area contributed by atoms with Gasteiger partial charge in [0.05, 0.1) is 5.56 Å². The van der Waals surface area contributed by atoms with E-state index in [4.69, 9.17) is 5.11 Å². The van der Waals surface area contributed by atoms with Crippen molar-refractivity contribution >= 4 is 11.9 Å². The third kappa shape index (κ3) is 3.32. The molecule has 0 radical (unpaired) electrons. The minimum atomic E-state index is -0.898. The van der Waals surface area contributed by atoms with Crippen molar-refractivity contribution in [1.29, 1.82) is 0 Å². The Labute approximate surface area is 112 Å². The Hall–Kier alpha value is -1.88. The summed E-state index contributed by atoms with van der Waals surface area (Å²) < 4.78 is 0. The summed E-state index contributed by atoms with van der Waals surface area (Å²) in [4.78, 5) is 24.4. The number of hydrogen-bond donors (Lipinski definition) is 2. The van der Waals surface area contributed by atoms with E-state index in [2.05, 4.69) is 10.2 Å². The summed E-state index contributed by atoms with van der Waals surface area (Å²) in [5, 5.41) is 11.6. The van der Waals surface area contributed by atoms with Gasteiger partial charge in [-0.25, -0.2) is 4.79 Å². The SMILES string of the molecule is CNC(=O)CCN1CCc2ccc(C(=O)O)cc2C1. The number of rotatable bonds is 4. The van der Waals surface area contributed by atoms with E-state index in [0.29, 0.717) is 25.1 Å². The predicted octanol–water partition coefficient (Wildman–Crippen LogP) is 0.879. The van der Waals surface area contributed by atoms with Crippen LogP contribution in [0.1, 0.15) is 27.9 Å². The lowest BCUT2D eigenvalue weighted by Crippen LogP contribution is -2.34. The van der Waals surface area contributed by atoms with Crippen LogP contribution in [0, 0.1) is 0 Å². The van der Waals surface area contributed by atoms with Gasteiger partial charge in [-0.1, -0.05) is 6.07 Å². The molecule has 0 fully saturated rings. The number of carbonyl (C=O) groups excluding carboxylic acids is 1. The lowest BCUT2D eigenvalue weighted by molar-refractivity contribution is -0.121. The number of hydrogen-bond acceptors (Lipinski definition) is 3.